The molecule has 1 aromatic carbocycles. The van der Waals surface area contributed by atoms with E-state index in [0.717, 1.165) is 18.7 Å². The topological polar surface area (TPSA) is 58.8 Å². The highest BCUT2D eigenvalue weighted by molar-refractivity contribution is 5.78. The highest BCUT2D eigenvalue weighted by Gasteiger charge is 2.22. The van der Waals surface area contributed by atoms with Crippen LogP contribution in [0.4, 0.5) is 4.39 Å². The molecule has 1 aliphatic heterocycles. The van der Waals surface area contributed by atoms with Gasteiger partial charge in [0.25, 0.3) is 0 Å². The van der Waals surface area contributed by atoms with Gasteiger partial charge in [-0.2, -0.15) is 0 Å². The molecule has 0 spiro atoms. The van der Waals surface area contributed by atoms with Crippen molar-refractivity contribution in [3.05, 3.63) is 47.1 Å². The molecule has 1 saturated heterocycles. The zero-order valence-corrected chi connectivity index (χ0v) is 14.5. The molecule has 0 aliphatic carbocycles. The Kier molecular flexibility index (Phi) is 5.33. The Morgan fingerprint density at radius 3 is 2.64 bits per heavy atom. The van der Waals surface area contributed by atoms with Crippen molar-refractivity contribution in [3.8, 4) is 5.75 Å². The van der Waals surface area contributed by atoms with E-state index < -0.39 is 0 Å². The summed E-state index contributed by atoms with van der Waals surface area (Å²) in [6, 6.07) is 6.80. The molecule has 1 aliphatic rings. The van der Waals surface area contributed by atoms with Crippen molar-refractivity contribution in [1.29, 1.82) is 0 Å². The first-order chi connectivity index (χ1) is 12.0. The number of hydrogen-bond donors (Lipinski definition) is 0. The number of carbonyl (C=O) groups is 1. The van der Waals surface area contributed by atoms with E-state index >= 15 is 0 Å². The molecule has 0 atom stereocenters. The minimum atomic E-state index is -0.350. The minimum absolute atomic E-state index is 0.0587. The van der Waals surface area contributed by atoms with Crippen LogP contribution in [-0.2, 0) is 17.8 Å². The highest BCUT2D eigenvalue weighted by atomic mass is 19.1. The fourth-order valence-corrected chi connectivity index (χ4v) is 2.99. The highest BCUT2D eigenvalue weighted by Crippen LogP contribution is 2.19. The Morgan fingerprint density at radius 2 is 2.04 bits per heavy atom. The van der Waals surface area contributed by atoms with E-state index in [2.05, 4.69) is 10.1 Å². The average Bonchev–Trinajstić information content (AvgIpc) is 3.00. The second-order valence-electron chi connectivity index (χ2n) is 6.23. The zero-order chi connectivity index (χ0) is 17.8. The molecule has 134 valence electrons. The number of methoxy groups -OCH3 is 1. The molecular weight excluding hydrogens is 325 g/mol. The number of amides is 1. The van der Waals surface area contributed by atoms with Gasteiger partial charge in [0, 0.05) is 38.8 Å². The van der Waals surface area contributed by atoms with Gasteiger partial charge in [0.15, 0.2) is 11.6 Å². The van der Waals surface area contributed by atoms with E-state index in [1.807, 2.05) is 17.9 Å². The van der Waals surface area contributed by atoms with Crippen molar-refractivity contribution in [1.82, 2.24) is 15.0 Å². The summed E-state index contributed by atoms with van der Waals surface area (Å²) < 4.78 is 23.7. The molecule has 1 fully saturated rings. The maximum absolute atomic E-state index is 13.8. The number of nitrogens with zero attached hydrogens (tertiary/aromatic N) is 3. The standard InChI is InChI=1S/C18H22FN3O3/c1-13-9-15(20-25-13)11-18(23)22-7-5-21(6-8-22)12-14-3-4-17(24-2)16(19)10-14/h3-4,9-10H,5-8,11-12H2,1-2H3. The summed E-state index contributed by atoms with van der Waals surface area (Å²) in [4.78, 5) is 16.4. The number of benzene rings is 1. The summed E-state index contributed by atoms with van der Waals surface area (Å²) in [6.45, 7) is 5.31. The molecule has 6 nitrogen and oxygen atoms in total. The van der Waals surface area contributed by atoms with Gasteiger partial charge in [0.2, 0.25) is 5.91 Å². The van der Waals surface area contributed by atoms with Crippen LogP contribution in [0.2, 0.25) is 0 Å². The summed E-state index contributed by atoms with van der Waals surface area (Å²) in [5, 5.41) is 3.87. The summed E-state index contributed by atoms with van der Waals surface area (Å²) in [6.07, 6.45) is 0.265. The second kappa shape index (κ2) is 7.65. The van der Waals surface area contributed by atoms with E-state index in [0.29, 0.717) is 31.1 Å². The minimum Gasteiger partial charge on any atom is -0.494 e. The lowest BCUT2D eigenvalue weighted by Gasteiger charge is -2.34. The Labute approximate surface area is 146 Å². The lowest BCUT2D eigenvalue weighted by atomic mass is 10.1. The molecule has 0 N–H and O–H groups in total. The predicted molar refractivity (Wildman–Crippen MR) is 89.8 cm³/mol. The Hall–Kier alpha value is -2.41. The third kappa shape index (κ3) is 4.36. The van der Waals surface area contributed by atoms with Gasteiger partial charge in [-0.1, -0.05) is 11.2 Å². The van der Waals surface area contributed by atoms with Crippen LogP contribution in [0.1, 0.15) is 17.0 Å². The van der Waals surface area contributed by atoms with Gasteiger partial charge in [-0.25, -0.2) is 4.39 Å². The number of aromatic nitrogens is 1. The number of rotatable bonds is 5. The van der Waals surface area contributed by atoms with Crippen LogP contribution in [-0.4, -0.2) is 54.2 Å². The predicted octanol–water partition coefficient (Wildman–Crippen LogP) is 2.02. The third-order valence-electron chi connectivity index (χ3n) is 4.36. The van der Waals surface area contributed by atoms with Gasteiger partial charge < -0.3 is 14.2 Å². The number of halogens is 1. The Balaban J connectivity index is 1.49. The fraction of sp³-hybridized carbons (Fsp3) is 0.444. The van der Waals surface area contributed by atoms with Crippen LogP contribution >= 0.6 is 0 Å². The first kappa shape index (κ1) is 17.4. The van der Waals surface area contributed by atoms with Crippen molar-refractivity contribution in [2.75, 3.05) is 33.3 Å². The normalized spacial score (nSPS) is 15.4. The molecule has 7 heteroatoms. The molecule has 0 radical (unpaired) electrons. The first-order valence-corrected chi connectivity index (χ1v) is 8.30. The molecular formula is C18H22FN3O3. The molecule has 0 bridgehead atoms. The molecule has 25 heavy (non-hydrogen) atoms. The van der Waals surface area contributed by atoms with E-state index in [1.54, 1.807) is 12.1 Å². The molecule has 2 aromatic rings. The summed E-state index contributed by atoms with van der Waals surface area (Å²) in [7, 11) is 1.45. The second-order valence-corrected chi connectivity index (χ2v) is 6.23. The lowest BCUT2D eigenvalue weighted by molar-refractivity contribution is -0.132. The smallest absolute Gasteiger partial charge is 0.228 e. The molecule has 0 unspecified atom stereocenters. The first-order valence-electron chi connectivity index (χ1n) is 8.30. The third-order valence-corrected chi connectivity index (χ3v) is 4.36. The van der Waals surface area contributed by atoms with Gasteiger partial charge >= 0.3 is 0 Å². The van der Waals surface area contributed by atoms with Crippen LogP contribution in [0.5, 0.6) is 5.75 Å². The van der Waals surface area contributed by atoms with Crippen LogP contribution in [0.15, 0.2) is 28.8 Å². The summed E-state index contributed by atoms with van der Waals surface area (Å²) in [5.41, 5.74) is 1.56. The quantitative estimate of drug-likeness (QED) is 0.828. The van der Waals surface area contributed by atoms with Gasteiger partial charge in [-0.3, -0.25) is 9.69 Å². The molecule has 3 rings (SSSR count). The largest absolute Gasteiger partial charge is 0.494 e. The summed E-state index contributed by atoms with van der Waals surface area (Å²) >= 11 is 0. The number of hydrogen-bond acceptors (Lipinski definition) is 5. The van der Waals surface area contributed by atoms with E-state index in [1.165, 1.54) is 13.2 Å². The van der Waals surface area contributed by atoms with Crippen molar-refractivity contribution in [2.45, 2.75) is 19.9 Å². The van der Waals surface area contributed by atoms with Gasteiger partial charge in [0.05, 0.1) is 19.2 Å². The monoisotopic (exact) mass is 347 g/mol. The van der Waals surface area contributed by atoms with Crippen molar-refractivity contribution >= 4 is 5.91 Å². The lowest BCUT2D eigenvalue weighted by Crippen LogP contribution is -2.48. The Bertz CT molecular complexity index is 739. The van der Waals surface area contributed by atoms with Crippen LogP contribution in [0.25, 0.3) is 0 Å². The van der Waals surface area contributed by atoms with Crippen LogP contribution in [0, 0.1) is 12.7 Å². The number of piperazine rings is 1. The molecule has 1 aromatic heterocycles. The number of carbonyl (C=O) groups excluding carboxylic acids is 1. The van der Waals surface area contributed by atoms with Gasteiger partial charge in [0.1, 0.15) is 5.76 Å². The van der Waals surface area contributed by atoms with Crippen molar-refractivity contribution in [3.63, 3.8) is 0 Å². The molecule has 1 amide bonds. The number of ether oxygens (including phenoxy) is 1. The van der Waals surface area contributed by atoms with Crippen LogP contribution < -0.4 is 4.74 Å². The maximum atomic E-state index is 13.8. The fourth-order valence-electron chi connectivity index (χ4n) is 2.99. The van der Waals surface area contributed by atoms with Crippen molar-refractivity contribution < 1.29 is 18.4 Å². The van der Waals surface area contributed by atoms with E-state index in [4.69, 9.17) is 9.26 Å². The van der Waals surface area contributed by atoms with Crippen molar-refractivity contribution in [2.24, 2.45) is 0 Å². The maximum Gasteiger partial charge on any atom is 0.228 e. The van der Waals surface area contributed by atoms with Gasteiger partial charge in [-0.15, -0.1) is 0 Å². The Morgan fingerprint density at radius 1 is 1.28 bits per heavy atom. The van der Waals surface area contributed by atoms with Gasteiger partial charge in [-0.05, 0) is 24.6 Å². The average molecular weight is 347 g/mol. The summed E-state index contributed by atoms with van der Waals surface area (Å²) in [5.74, 6) is 0.668. The SMILES string of the molecule is COc1ccc(CN2CCN(C(=O)Cc3cc(C)on3)CC2)cc1F. The van der Waals surface area contributed by atoms with E-state index in [-0.39, 0.29) is 23.9 Å². The molecule has 2 heterocycles. The van der Waals surface area contributed by atoms with E-state index in [9.17, 15) is 9.18 Å². The molecule has 0 saturated carbocycles. The number of aryl methyl sites for hydroxylation is 1. The zero-order valence-electron chi connectivity index (χ0n) is 14.5. The van der Waals surface area contributed by atoms with Crippen LogP contribution in [0.3, 0.4) is 0 Å².